The van der Waals surface area contributed by atoms with Crippen molar-refractivity contribution in [2.75, 3.05) is 13.2 Å². The summed E-state index contributed by atoms with van der Waals surface area (Å²) in [6.07, 6.45) is -32.2. The van der Waals surface area contributed by atoms with E-state index in [-0.39, 0.29) is 0 Å². The number of rotatable bonds is 8. The van der Waals surface area contributed by atoms with Gasteiger partial charge in [-0.05, 0) is 13.8 Å². The molecule has 19 heteroatoms. The van der Waals surface area contributed by atoms with Gasteiger partial charge in [-0.3, -0.25) is 0 Å². The lowest BCUT2D eigenvalue weighted by Crippen LogP contribution is -2.66. The molecule has 0 aliphatic carbocycles. The van der Waals surface area contributed by atoms with Crippen LogP contribution in [0.2, 0.25) is 0 Å². The number of aliphatic hydroxyl groups is 12. The number of hydrogen-bond acceptors (Lipinski definition) is 19. The molecule has 4 aliphatic heterocycles. The van der Waals surface area contributed by atoms with E-state index in [4.69, 9.17) is 33.2 Å². The summed E-state index contributed by atoms with van der Waals surface area (Å²) in [5.41, 5.74) is 0. The summed E-state index contributed by atoms with van der Waals surface area (Å²) in [5.74, 6) is 0. The van der Waals surface area contributed by atoms with Crippen LogP contribution < -0.4 is 0 Å². The second-order valence-corrected chi connectivity index (χ2v) is 11.1. The Labute approximate surface area is 244 Å². The summed E-state index contributed by atoms with van der Waals surface area (Å²) >= 11 is 0. The average Bonchev–Trinajstić information content (AvgIpc) is 2.98. The van der Waals surface area contributed by atoms with Crippen LogP contribution in [-0.2, 0) is 33.2 Å². The van der Waals surface area contributed by atoms with Gasteiger partial charge in [0, 0.05) is 0 Å². The van der Waals surface area contributed by atoms with E-state index < -0.39 is 136 Å². The Morgan fingerprint density at radius 3 is 1.47 bits per heavy atom. The second kappa shape index (κ2) is 14.3. The summed E-state index contributed by atoms with van der Waals surface area (Å²) in [6.45, 7) is 1.24. The molecule has 0 amide bonds. The van der Waals surface area contributed by atoms with E-state index >= 15 is 0 Å². The van der Waals surface area contributed by atoms with Crippen molar-refractivity contribution in [2.24, 2.45) is 0 Å². The lowest BCUT2D eigenvalue weighted by molar-refractivity contribution is -0.388. The quantitative estimate of drug-likeness (QED) is 0.118. The van der Waals surface area contributed by atoms with Crippen LogP contribution in [0.1, 0.15) is 13.8 Å². The fourth-order valence-electron chi connectivity index (χ4n) is 5.45. The van der Waals surface area contributed by atoms with Crippen molar-refractivity contribution < 1.29 is 94.4 Å². The molecule has 43 heavy (non-hydrogen) atoms. The van der Waals surface area contributed by atoms with Gasteiger partial charge in [0.05, 0.1) is 25.4 Å². The fraction of sp³-hybridized carbons (Fsp3) is 1.00. The molecule has 0 aromatic rings. The van der Waals surface area contributed by atoms with Gasteiger partial charge in [0.25, 0.3) is 0 Å². The van der Waals surface area contributed by atoms with Gasteiger partial charge >= 0.3 is 0 Å². The van der Waals surface area contributed by atoms with Crippen molar-refractivity contribution in [1.29, 1.82) is 0 Å². The molecule has 0 spiro atoms. The summed E-state index contributed by atoms with van der Waals surface area (Å²) in [4.78, 5) is 0. The average molecular weight is 635 g/mol. The predicted molar refractivity (Wildman–Crippen MR) is 131 cm³/mol. The molecule has 0 aromatic heterocycles. The molecule has 0 bridgehead atoms. The van der Waals surface area contributed by atoms with Gasteiger partial charge in [-0.15, -0.1) is 0 Å². The molecule has 4 saturated heterocycles. The molecule has 1 unspecified atom stereocenters. The molecule has 4 heterocycles. The van der Waals surface area contributed by atoms with E-state index in [9.17, 15) is 61.3 Å². The third kappa shape index (κ3) is 7.00. The molecular formula is C24H42O19. The minimum Gasteiger partial charge on any atom is -0.394 e. The van der Waals surface area contributed by atoms with E-state index in [2.05, 4.69) is 0 Å². The van der Waals surface area contributed by atoms with Gasteiger partial charge in [0.1, 0.15) is 85.5 Å². The van der Waals surface area contributed by atoms with Crippen LogP contribution in [0.5, 0.6) is 0 Å². The van der Waals surface area contributed by atoms with E-state index in [1.54, 1.807) is 0 Å². The maximum absolute atomic E-state index is 11.1. The van der Waals surface area contributed by atoms with Gasteiger partial charge in [0.2, 0.25) is 0 Å². The van der Waals surface area contributed by atoms with E-state index in [0.29, 0.717) is 0 Å². The van der Waals surface area contributed by atoms with E-state index in [1.165, 1.54) is 13.8 Å². The molecular weight excluding hydrogens is 592 g/mol. The van der Waals surface area contributed by atoms with Gasteiger partial charge in [-0.25, -0.2) is 0 Å². The smallest absolute Gasteiger partial charge is 0.187 e. The van der Waals surface area contributed by atoms with Crippen LogP contribution in [0, 0.1) is 0 Å². The molecule has 4 aliphatic rings. The van der Waals surface area contributed by atoms with Crippen molar-refractivity contribution >= 4 is 0 Å². The summed E-state index contributed by atoms with van der Waals surface area (Å²) in [6, 6.07) is 0. The highest BCUT2D eigenvalue weighted by Gasteiger charge is 2.54. The van der Waals surface area contributed by atoms with Crippen LogP contribution in [0.25, 0.3) is 0 Å². The van der Waals surface area contributed by atoms with Crippen molar-refractivity contribution in [2.45, 2.75) is 137 Å². The van der Waals surface area contributed by atoms with Crippen molar-refractivity contribution in [1.82, 2.24) is 0 Å². The molecule has 0 radical (unpaired) electrons. The summed E-state index contributed by atoms with van der Waals surface area (Å²) in [7, 11) is 0. The maximum atomic E-state index is 11.1. The molecule has 19 nitrogen and oxygen atoms in total. The highest BCUT2D eigenvalue weighted by molar-refractivity contribution is 4.97. The number of aliphatic hydroxyl groups excluding tert-OH is 12. The molecule has 20 atom stereocenters. The fourth-order valence-corrected chi connectivity index (χ4v) is 5.45. The first-order valence-electron chi connectivity index (χ1n) is 13.8. The third-order valence-corrected chi connectivity index (χ3v) is 8.12. The molecule has 252 valence electrons. The van der Waals surface area contributed by atoms with Crippen LogP contribution in [-0.4, -0.2) is 197 Å². The van der Waals surface area contributed by atoms with Gasteiger partial charge in [-0.1, -0.05) is 0 Å². The first kappa shape index (κ1) is 35.1. The van der Waals surface area contributed by atoms with Gasteiger partial charge < -0.3 is 94.4 Å². The Balaban J connectivity index is 1.43. The molecule has 0 saturated carbocycles. The monoisotopic (exact) mass is 634 g/mol. The van der Waals surface area contributed by atoms with Crippen LogP contribution in [0.4, 0.5) is 0 Å². The van der Waals surface area contributed by atoms with E-state index in [1.807, 2.05) is 0 Å². The first-order chi connectivity index (χ1) is 20.2. The summed E-state index contributed by atoms with van der Waals surface area (Å²) < 4.78 is 38.3. The zero-order chi connectivity index (χ0) is 31.9. The Bertz CT molecular complexity index is 884. The topological polar surface area (TPSA) is 307 Å². The van der Waals surface area contributed by atoms with Crippen LogP contribution in [0.15, 0.2) is 0 Å². The number of hydrogen-bond donors (Lipinski definition) is 12. The van der Waals surface area contributed by atoms with Crippen LogP contribution in [0.3, 0.4) is 0 Å². The predicted octanol–water partition coefficient (Wildman–Crippen LogP) is -7.69. The van der Waals surface area contributed by atoms with Gasteiger partial charge in [-0.2, -0.15) is 0 Å². The zero-order valence-electron chi connectivity index (χ0n) is 23.2. The highest BCUT2D eigenvalue weighted by atomic mass is 16.8. The zero-order valence-corrected chi connectivity index (χ0v) is 23.2. The Kier molecular flexibility index (Phi) is 11.7. The highest BCUT2D eigenvalue weighted by Crippen LogP contribution is 2.34. The summed E-state index contributed by atoms with van der Waals surface area (Å²) in [5, 5.41) is 123. The standard InChI is InChI=1S/C24H42O19/c1-5-9(27)11(29)14(32)22(37-5)43-20-17(35)19(8(4-26)39-21(20)36)42-23-16(34)13(31)18(6(2)38-23)41-24-15(33)12(30)10(28)7(3-25)40-24/h5-36H,3-4H2,1-2H3/t5-,6-,7+,8+,9-,10+,11+,12-,13-,14+,15+,16+,17-,18-,19+,20+,21?,22-,23-,24-/m0/s1. The van der Waals surface area contributed by atoms with Crippen molar-refractivity contribution in [3.63, 3.8) is 0 Å². The van der Waals surface area contributed by atoms with E-state index in [0.717, 1.165) is 0 Å². The lowest BCUT2D eigenvalue weighted by Gasteiger charge is -2.48. The van der Waals surface area contributed by atoms with Crippen molar-refractivity contribution in [3.05, 3.63) is 0 Å². The van der Waals surface area contributed by atoms with Crippen LogP contribution >= 0.6 is 0 Å². The van der Waals surface area contributed by atoms with Crippen molar-refractivity contribution in [3.8, 4) is 0 Å². The second-order valence-electron chi connectivity index (χ2n) is 11.1. The Morgan fingerprint density at radius 1 is 0.419 bits per heavy atom. The maximum Gasteiger partial charge on any atom is 0.187 e. The third-order valence-electron chi connectivity index (χ3n) is 8.12. The molecule has 4 fully saturated rings. The molecule has 12 N–H and O–H groups in total. The SMILES string of the molecule is C[C@@H]1O[C@@H](O[C@H]2C(O)O[C@H](CO)[C@@H](O[C@@H]3O[C@@H](C)[C@H](O[C@@H]4O[C@H](CO)[C@@H](O)[C@H](O)[C@H]4O)[C@@H](O)[C@H]3O)[C@@H]2O)[C@H](O)[C@H](O)[C@H]1O. The Hall–Kier alpha value is -0.760. The Morgan fingerprint density at radius 2 is 0.884 bits per heavy atom. The number of ether oxygens (including phenoxy) is 7. The first-order valence-corrected chi connectivity index (χ1v) is 13.8. The lowest BCUT2D eigenvalue weighted by atomic mass is 9.96. The molecule has 4 rings (SSSR count). The largest absolute Gasteiger partial charge is 0.394 e. The minimum atomic E-state index is -1.90. The normalized spacial score (nSPS) is 54.8. The molecule has 0 aromatic carbocycles. The minimum absolute atomic E-state index is 0.729. The van der Waals surface area contributed by atoms with Gasteiger partial charge in [0.15, 0.2) is 25.2 Å².